The van der Waals surface area contributed by atoms with E-state index in [1.165, 1.54) is 0 Å². The van der Waals surface area contributed by atoms with E-state index in [1.807, 2.05) is 0 Å². The maximum atomic E-state index is 6.06. The van der Waals surface area contributed by atoms with Crippen molar-refractivity contribution in [3.05, 3.63) is 17.0 Å². The first-order chi connectivity index (χ1) is 8.24. The third-order valence-electron chi connectivity index (χ3n) is 3.24. The van der Waals surface area contributed by atoms with E-state index in [9.17, 15) is 0 Å². The van der Waals surface area contributed by atoms with E-state index in [1.54, 1.807) is 6.07 Å². The van der Waals surface area contributed by atoms with Gasteiger partial charge in [0.25, 0.3) is 0 Å². The molecule has 0 spiro atoms. The number of hydrogen-bond donors (Lipinski definition) is 1. The zero-order chi connectivity index (χ0) is 13.9. The summed E-state index contributed by atoms with van der Waals surface area (Å²) in [6.45, 7) is 12.8. The smallest absolute Gasteiger partial charge is 0.137 e. The number of halogens is 1. The zero-order valence-corrected chi connectivity index (χ0v) is 13.0. The minimum absolute atomic E-state index is 0.0963. The van der Waals surface area contributed by atoms with E-state index in [-0.39, 0.29) is 5.41 Å². The Morgan fingerprint density at radius 1 is 1.28 bits per heavy atom. The van der Waals surface area contributed by atoms with Crippen molar-refractivity contribution in [1.82, 2.24) is 9.97 Å². The molecule has 0 aliphatic heterocycles. The predicted octanol–water partition coefficient (Wildman–Crippen LogP) is 4.27. The molecule has 0 saturated heterocycles. The lowest BCUT2D eigenvalue weighted by Gasteiger charge is -2.22. The van der Waals surface area contributed by atoms with E-state index in [0.29, 0.717) is 17.1 Å². The third-order valence-corrected chi connectivity index (χ3v) is 3.43. The molecule has 0 radical (unpaired) electrons. The summed E-state index contributed by atoms with van der Waals surface area (Å²) in [5.41, 5.74) is -0.0963. The molecule has 18 heavy (non-hydrogen) atoms. The van der Waals surface area contributed by atoms with Crippen LogP contribution in [0, 0.1) is 5.92 Å². The van der Waals surface area contributed by atoms with Crippen LogP contribution < -0.4 is 5.32 Å². The number of hydrogen-bond acceptors (Lipinski definition) is 3. The molecule has 0 aliphatic rings. The van der Waals surface area contributed by atoms with Gasteiger partial charge in [-0.25, -0.2) is 9.97 Å². The van der Waals surface area contributed by atoms with E-state index in [2.05, 4.69) is 56.8 Å². The molecule has 1 aromatic heterocycles. The Kier molecular flexibility index (Phi) is 4.97. The molecule has 2 atom stereocenters. The van der Waals surface area contributed by atoms with Crippen LogP contribution in [-0.4, -0.2) is 16.0 Å². The van der Waals surface area contributed by atoms with Crippen molar-refractivity contribution < 1.29 is 0 Å². The molecule has 1 N–H and O–H groups in total. The van der Waals surface area contributed by atoms with E-state index >= 15 is 0 Å². The van der Waals surface area contributed by atoms with Gasteiger partial charge in [-0.2, -0.15) is 0 Å². The van der Waals surface area contributed by atoms with Gasteiger partial charge in [-0.3, -0.25) is 0 Å². The summed E-state index contributed by atoms with van der Waals surface area (Å²) in [6, 6.07) is 2.16. The summed E-state index contributed by atoms with van der Waals surface area (Å²) < 4.78 is 0. The summed E-state index contributed by atoms with van der Waals surface area (Å²) in [5.74, 6) is 2.18. The van der Waals surface area contributed by atoms with Crippen LogP contribution in [0.25, 0.3) is 0 Å². The molecule has 2 unspecified atom stereocenters. The fraction of sp³-hybridized carbons (Fsp3) is 0.714. The Morgan fingerprint density at radius 3 is 2.39 bits per heavy atom. The largest absolute Gasteiger partial charge is 0.367 e. The molecule has 3 nitrogen and oxygen atoms in total. The topological polar surface area (TPSA) is 37.8 Å². The lowest BCUT2D eigenvalue weighted by Crippen LogP contribution is -2.25. The van der Waals surface area contributed by atoms with Crippen molar-refractivity contribution in [3.63, 3.8) is 0 Å². The Balaban J connectivity index is 2.94. The second-order valence-electron chi connectivity index (χ2n) is 5.97. The molecule has 0 bridgehead atoms. The first kappa shape index (κ1) is 15.2. The maximum absolute atomic E-state index is 6.06. The molecule has 1 rings (SSSR count). The molecular formula is C14H24ClN3. The Hall–Kier alpha value is -0.830. The van der Waals surface area contributed by atoms with Gasteiger partial charge in [-0.15, -0.1) is 0 Å². The highest BCUT2D eigenvalue weighted by Gasteiger charge is 2.19. The number of anilines is 1. The maximum Gasteiger partial charge on any atom is 0.137 e. The van der Waals surface area contributed by atoms with Crippen LogP contribution in [-0.2, 0) is 5.41 Å². The summed E-state index contributed by atoms with van der Waals surface area (Å²) in [7, 11) is 0. The fourth-order valence-electron chi connectivity index (χ4n) is 1.56. The van der Waals surface area contributed by atoms with Gasteiger partial charge >= 0.3 is 0 Å². The Labute approximate surface area is 115 Å². The Bertz CT molecular complexity index is 399. The highest BCUT2D eigenvalue weighted by Crippen LogP contribution is 2.23. The van der Waals surface area contributed by atoms with Gasteiger partial charge in [0.1, 0.15) is 16.8 Å². The molecule has 0 aromatic carbocycles. The molecule has 102 valence electrons. The van der Waals surface area contributed by atoms with Crippen LogP contribution in [0.2, 0.25) is 5.15 Å². The van der Waals surface area contributed by atoms with Gasteiger partial charge in [0, 0.05) is 17.5 Å². The van der Waals surface area contributed by atoms with Crippen LogP contribution >= 0.6 is 11.6 Å². The minimum Gasteiger partial charge on any atom is -0.367 e. The van der Waals surface area contributed by atoms with Gasteiger partial charge in [0.05, 0.1) is 0 Å². The standard InChI is InChI=1S/C14H24ClN3/c1-7-9(2)10(3)16-12-8-11(15)17-13(18-12)14(4,5)6/h8-10H,7H2,1-6H3,(H,16,17,18). The molecule has 0 fully saturated rings. The van der Waals surface area contributed by atoms with Gasteiger partial charge in [0.15, 0.2) is 0 Å². The van der Waals surface area contributed by atoms with Gasteiger partial charge in [0.2, 0.25) is 0 Å². The predicted molar refractivity (Wildman–Crippen MR) is 78.3 cm³/mol. The average molecular weight is 270 g/mol. The van der Waals surface area contributed by atoms with Crippen molar-refractivity contribution >= 4 is 17.4 Å². The normalized spacial score (nSPS) is 15.3. The quantitative estimate of drug-likeness (QED) is 0.830. The second kappa shape index (κ2) is 5.87. The molecule has 1 heterocycles. The van der Waals surface area contributed by atoms with Crippen molar-refractivity contribution in [3.8, 4) is 0 Å². The molecule has 1 aromatic rings. The van der Waals surface area contributed by atoms with Crippen molar-refractivity contribution in [2.24, 2.45) is 5.92 Å². The van der Waals surface area contributed by atoms with E-state index in [0.717, 1.165) is 18.1 Å². The summed E-state index contributed by atoms with van der Waals surface area (Å²) >= 11 is 6.06. The molecular weight excluding hydrogens is 246 g/mol. The molecule has 4 heteroatoms. The number of rotatable bonds is 4. The van der Waals surface area contributed by atoms with Crippen LogP contribution in [0.4, 0.5) is 5.82 Å². The first-order valence-electron chi connectivity index (χ1n) is 6.55. The summed E-state index contributed by atoms with van der Waals surface area (Å²) in [6.07, 6.45) is 1.14. The van der Waals surface area contributed by atoms with Crippen LogP contribution in [0.1, 0.15) is 53.8 Å². The van der Waals surface area contributed by atoms with Gasteiger partial charge in [-0.05, 0) is 12.8 Å². The lowest BCUT2D eigenvalue weighted by atomic mass is 9.96. The third kappa shape index (κ3) is 4.13. The molecule has 0 saturated carbocycles. The highest BCUT2D eigenvalue weighted by atomic mass is 35.5. The van der Waals surface area contributed by atoms with Crippen molar-refractivity contribution in [2.75, 3.05) is 5.32 Å². The van der Waals surface area contributed by atoms with Crippen molar-refractivity contribution in [1.29, 1.82) is 0 Å². The fourth-order valence-corrected chi connectivity index (χ4v) is 1.74. The summed E-state index contributed by atoms with van der Waals surface area (Å²) in [4.78, 5) is 8.85. The highest BCUT2D eigenvalue weighted by molar-refractivity contribution is 6.29. The van der Waals surface area contributed by atoms with Crippen LogP contribution in [0.15, 0.2) is 6.07 Å². The number of aromatic nitrogens is 2. The second-order valence-corrected chi connectivity index (χ2v) is 6.36. The summed E-state index contributed by atoms with van der Waals surface area (Å²) in [5, 5.41) is 3.90. The number of nitrogens with one attached hydrogen (secondary N) is 1. The van der Waals surface area contributed by atoms with Crippen LogP contribution in [0.3, 0.4) is 0 Å². The van der Waals surface area contributed by atoms with Crippen molar-refractivity contribution in [2.45, 2.75) is 59.4 Å². The molecule has 0 amide bonds. The van der Waals surface area contributed by atoms with Gasteiger partial charge in [-0.1, -0.05) is 52.6 Å². The molecule has 0 aliphatic carbocycles. The number of nitrogens with zero attached hydrogens (tertiary/aromatic N) is 2. The Morgan fingerprint density at radius 2 is 1.89 bits per heavy atom. The SMILES string of the molecule is CCC(C)C(C)Nc1cc(Cl)nc(C(C)(C)C)n1. The van der Waals surface area contributed by atoms with E-state index in [4.69, 9.17) is 11.6 Å². The van der Waals surface area contributed by atoms with E-state index < -0.39 is 0 Å². The minimum atomic E-state index is -0.0963. The van der Waals surface area contributed by atoms with Gasteiger partial charge < -0.3 is 5.32 Å². The first-order valence-corrected chi connectivity index (χ1v) is 6.93. The lowest BCUT2D eigenvalue weighted by molar-refractivity contribution is 0.491. The zero-order valence-electron chi connectivity index (χ0n) is 12.2. The van der Waals surface area contributed by atoms with Crippen LogP contribution in [0.5, 0.6) is 0 Å². The average Bonchev–Trinajstić information content (AvgIpc) is 2.25. The monoisotopic (exact) mass is 269 g/mol.